The Hall–Kier alpha value is -2.82. The smallest absolute Gasteiger partial charge is 0.185 e. The SMILES string of the molecule is CC(CC1CCCc2ccccc21)C(=O)c1nc(-c2ccc(F)c(F)c2)n2c1CCCCC2. The second kappa shape index (κ2) is 9.20. The van der Waals surface area contributed by atoms with Crippen molar-refractivity contribution in [2.45, 2.75) is 70.8 Å². The predicted molar refractivity (Wildman–Crippen MR) is 125 cm³/mol. The van der Waals surface area contributed by atoms with E-state index >= 15 is 0 Å². The van der Waals surface area contributed by atoms with Crippen LogP contribution < -0.4 is 0 Å². The second-order valence-corrected chi connectivity index (χ2v) is 9.61. The Labute approximate surface area is 193 Å². The number of fused-ring (bicyclic) bond motifs is 2. The quantitative estimate of drug-likeness (QED) is 0.399. The average Bonchev–Trinajstić information content (AvgIpc) is 3.01. The Kier molecular flexibility index (Phi) is 6.13. The van der Waals surface area contributed by atoms with Crippen LogP contribution in [0.3, 0.4) is 0 Å². The zero-order valence-corrected chi connectivity index (χ0v) is 19.1. The first-order chi connectivity index (χ1) is 16.0. The Balaban J connectivity index is 1.47. The van der Waals surface area contributed by atoms with Gasteiger partial charge in [-0.2, -0.15) is 0 Å². The number of carbonyl (C=O) groups is 1. The van der Waals surface area contributed by atoms with Crippen molar-refractivity contribution in [3.05, 3.63) is 76.6 Å². The molecule has 2 aliphatic rings. The van der Waals surface area contributed by atoms with Crippen LogP contribution in [0.25, 0.3) is 11.4 Å². The molecule has 0 fully saturated rings. The van der Waals surface area contributed by atoms with Crippen molar-refractivity contribution in [1.82, 2.24) is 9.55 Å². The average molecular weight is 449 g/mol. The van der Waals surface area contributed by atoms with E-state index < -0.39 is 11.6 Å². The van der Waals surface area contributed by atoms with E-state index in [4.69, 9.17) is 4.98 Å². The molecule has 1 aliphatic heterocycles. The van der Waals surface area contributed by atoms with E-state index in [2.05, 4.69) is 28.8 Å². The number of Topliss-reactive ketones (excluding diaryl/α,β-unsaturated/α-hetero) is 1. The highest BCUT2D eigenvalue weighted by molar-refractivity contribution is 5.97. The van der Waals surface area contributed by atoms with Gasteiger partial charge in [0, 0.05) is 23.7 Å². The number of imidazole rings is 1. The number of halogens is 2. The summed E-state index contributed by atoms with van der Waals surface area (Å²) in [7, 11) is 0. The van der Waals surface area contributed by atoms with Gasteiger partial charge in [-0.3, -0.25) is 4.79 Å². The molecule has 172 valence electrons. The van der Waals surface area contributed by atoms with Crippen molar-refractivity contribution in [1.29, 1.82) is 0 Å². The summed E-state index contributed by atoms with van der Waals surface area (Å²) in [6, 6.07) is 12.5. The monoisotopic (exact) mass is 448 g/mol. The highest BCUT2D eigenvalue weighted by Crippen LogP contribution is 2.37. The molecule has 0 spiro atoms. The van der Waals surface area contributed by atoms with E-state index in [-0.39, 0.29) is 11.7 Å². The van der Waals surface area contributed by atoms with Gasteiger partial charge in [0.05, 0.1) is 0 Å². The van der Waals surface area contributed by atoms with Gasteiger partial charge in [-0.25, -0.2) is 13.8 Å². The van der Waals surface area contributed by atoms with Gasteiger partial charge in [-0.15, -0.1) is 0 Å². The molecular weight excluding hydrogens is 418 g/mol. The molecule has 3 aromatic rings. The van der Waals surface area contributed by atoms with Crippen LogP contribution in [0, 0.1) is 17.6 Å². The molecular formula is C28H30F2N2O. The Morgan fingerprint density at radius 3 is 2.76 bits per heavy atom. The number of aromatic nitrogens is 2. The first-order valence-corrected chi connectivity index (χ1v) is 12.2. The summed E-state index contributed by atoms with van der Waals surface area (Å²) in [6.45, 7) is 2.76. The standard InChI is InChI=1S/C28H30F2N2O/c1-18(16-20-10-7-9-19-8-4-5-11-22(19)20)27(33)26-25-12-3-2-6-15-32(25)28(31-26)21-13-14-23(29)24(30)17-21/h4-5,8,11,13-14,17-18,20H,2-3,6-7,9-10,12,15-16H2,1H3. The number of aryl methyl sites for hydroxylation is 1. The second-order valence-electron chi connectivity index (χ2n) is 9.61. The number of hydrogen-bond donors (Lipinski definition) is 0. The molecule has 0 radical (unpaired) electrons. The lowest BCUT2D eigenvalue weighted by molar-refractivity contribution is 0.0911. The lowest BCUT2D eigenvalue weighted by Gasteiger charge is -2.27. The largest absolute Gasteiger partial charge is 0.327 e. The summed E-state index contributed by atoms with van der Waals surface area (Å²) in [5, 5.41) is 0. The van der Waals surface area contributed by atoms with Crippen LogP contribution in [-0.2, 0) is 19.4 Å². The van der Waals surface area contributed by atoms with E-state index in [1.165, 1.54) is 17.2 Å². The van der Waals surface area contributed by atoms with Gasteiger partial charge in [0.25, 0.3) is 0 Å². The van der Waals surface area contributed by atoms with Gasteiger partial charge in [0.2, 0.25) is 0 Å². The van der Waals surface area contributed by atoms with E-state index in [1.807, 2.05) is 6.92 Å². The number of nitrogens with zero attached hydrogens (tertiary/aromatic N) is 2. The maximum absolute atomic E-state index is 14.0. The number of carbonyl (C=O) groups excluding carboxylic acids is 1. The minimum absolute atomic E-state index is 0.0672. The molecule has 0 saturated heterocycles. The molecule has 0 amide bonds. The lowest BCUT2D eigenvalue weighted by Crippen LogP contribution is -2.19. The molecule has 0 saturated carbocycles. The highest BCUT2D eigenvalue weighted by Gasteiger charge is 2.30. The van der Waals surface area contributed by atoms with Gasteiger partial charge in [0.1, 0.15) is 11.5 Å². The van der Waals surface area contributed by atoms with Crippen LogP contribution in [0.5, 0.6) is 0 Å². The molecule has 2 heterocycles. The molecule has 1 aromatic heterocycles. The summed E-state index contributed by atoms with van der Waals surface area (Å²) < 4.78 is 29.6. The van der Waals surface area contributed by atoms with E-state index in [9.17, 15) is 13.6 Å². The number of benzene rings is 2. The van der Waals surface area contributed by atoms with Crippen LogP contribution in [0.4, 0.5) is 8.78 Å². The Morgan fingerprint density at radius 1 is 1.06 bits per heavy atom. The molecule has 0 bridgehead atoms. The fourth-order valence-corrected chi connectivity index (χ4v) is 5.64. The lowest BCUT2D eigenvalue weighted by atomic mass is 9.77. The molecule has 5 rings (SSSR count). The van der Waals surface area contributed by atoms with Crippen molar-refractivity contribution in [2.75, 3.05) is 0 Å². The topological polar surface area (TPSA) is 34.9 Å². The summed E-state index contributed by atoms with van der Waals surface area (Å²) in [5.74, 6) is -0.890. The normalized spacial score (nSPS) is 18.8. The Morgan fingerprint density at radius 2 is 1.91 bits per heavy atom. The zero-order chi connectivity index (χ0) is 22.9. The van der Waals surface area contributed by atoms with Crippen LogP contribution >= 0.6 is 0 Å². The van der Waals surface area contributed by atoms with Crippen molar-refractivity contribution in [3.63, 3.8) is 0 Å². The van der Waals surface area contributed by atoms with Crippen molar-refractivity contribution >= 4 is 5.78 Å². The fourth-order valence-electron chi connectivity index (χ4n) is 5.64. The minimum atomic E-state index is -0.893. The molecule has 2 unspecified atom stereocenters. The van der Waals surface area contributed by atoms with Gasteiger partial charge >= 0.3 is 0 Å². The van der Waals surface area contributed by atoms with Crippen LogP contribution in [0.2, 0.25) is 0 Å². The summed E-state index contributed by atoms with van der Waals surface area (Å²) >= 11 is 0. The third-order valence-corrected chi connectivity index (χ3v) is 7.36. The van der Waals surface area contributed by atoms with Gasteiger partial charge < -0.3 is 4.57 Å². The maximum Gasteiger partial charge on any atom is 0.185 e. The first kappa shape index (κ1) is 22.0. The number of rotatable bonds is 5. The van der Waals surface area contributed by atoms with E-state index in [1.54, 1.807) is 6.07 Å². The molecule has 5 heteroatoms. The summed E-state index contributed by atoms with van der Waals surface area (Å²) in [6.07, 6.45) is 8.05. The maximum atomic E-state index is 14.0. The number of hydrogen-bond acceptors (Lipinski definition) is 2. The third kappa shape index (κ3) is 4.25. The minimum Gasteiger partial charge on any atom is -0.327 e. The molecule has 3 nitrogen and oxygen atoms in total. The van der Waals surface area contributed by atoms with Gasteiger partial charge in [0.15, 0.2) is 17.4 Å². The van der Waals surface area contributed by atoms with Crippen molar-refractivity contribution < 1.29 is 13.6 Å². The van der Waals surface area contributed by atoms with Crippen molar-refractivity contribution in [3.8, 4) is 11.4 Å². The Bertz CT molecular complexity index is 1180. The predicted octanol–water partition coefficient (Wildman–Crippen LogP) is 6.88. The summed E-state index contributed by atoms with van der Waals surface area (Å²) in [4.78, 5) is 18.4. The highest BCUT2D eigenvalue weighted by atomic mass is 19.2. The van der Waals surface area contributed by atoms with Crippen molar-refractivity contribution in [2.24, 2.45) is 5.92 Å². The summed E-state index contributed by atoms with van der Waals surface area (Å²) in [5.41, 5.74) is 4.78. The van der Waals surface area contributed by atoms with Gasteiger partial charge in [-0.05, 0) is 80.2 Å². The fraction of sp³-hybridized carbons (Fsp3) is 0.429. The molecule has 2 atom stereocenters. The molecule has 33 heavy (non-hydrogen) atoms. The molecule has 1 aliphatic carbocycles. The van der Waals surface area contributed by atoms with Crippen LogP contribution in [-0.4, -0.2) is 15.3 Å². The molecule has 0 N–H and O–H groups in total. The van der Waals surface area contributed by atoms with E-state index in [0.29, 0.717) is 23.0 Å². The third-order valence-electron chi connectivity index (χ3n) is 7.36. The number of ketones is 1. The van der Waals surface area contributed by atoms with Gasteiger partial charge in [-0.1, -0.05) is 37.6 Å². The van der Waals surface area contributed by atoms with Crippen LogP contribution in [0.1, 0.15) is 78.7 Å². The van der Waals surface area contributed by atoms with E-state index in [0.717, 1.165) is 69.7 Å². The first-order valence-electron chi connectivity index (χ1n) is 12.2. The zero-order valence-electron chi connectivity index (χ0n) is 19.1. The molecule has 2 aromatic carbocycles. The van der Waals surface area contributed by atoms with Crippen LogP contribution in [0.15, 0.2) is 42.5 Å².